The molecule has 1 nitrogen and oxygen atoms in total. The third-order valence-corrected chi connectivity index (χ3v) is 4.70. The van der Waals surface area contributed by atoms with Crippen molar-refractivity contribution in [3.05, 3.63) is 34.3 Å². The number of rotatable bonds is 5. The van der Waals surface area contributed by atoms with E-state index in [9.17, 15) is 0 Å². The summed E-state index contributed by atoms with van der Waals surface area (Å²) in [5.74, 6) is 0. The number of alkyl halides is 1. The second-order valence-electron chi connectivity index (χ2n) is 5.00. The maximum atomic E-state index is 5.77. The molecule has 0 bridgehead atoms. The van der Waals surface area contributed by atoms with E-state index in [1.54, 1.807) is 0 Å². The van der Waals surface area contributed by atoms with Crippen LogP contribution in [0.2, 0.25) is 0 Å². The van der Waals surface area contributed by atoms with Crippen LogP contribution in [0, 0.1) is 0 Å². The first-order chi connectivity index (χ1) is 8.74. The van der Waals surface area contributed by atoms with Crippen LogP contribution in [-0.2, 0) is 11.2 Å². The molecule has 0 aliphatic carbocycles. The largest absolute Gasteiger partial charge is 0.378 e. The van der Waals surface area contributed by atoms with Crippen molar-refractivity contribution in [3.8, 4) is 0 Å². The zero-order valence-corrected chi connectivity index (χ0v) is 13.8. The molecule has 1 saturated heterocycles. The van der Waals surface area contributed by atoms with Crippen molar-refractivity contribution in [3.63, 3.8) is 0 Å². The molecule has 2 rings (SSSR count). The standard InChI is InChI=1S/C15H20Br2O/c16-13-5-3-4-12(10-13)11-14(17)7-8-15-6-1-2-9-18-15/h3-5,10,14-15H,1-2,6-9,11H2. The van der Waals surface area contributed by atoms with Crippen molar-refractivity contribution in [2.45, 2.75) is 49.5 Å². The first-order valence-electron chi connectivity index (χ1n) is 6.74. The summed E-state index contributed by atoms with van der Waals surface area (Å²) in [6, 6.07) is 8.56. The van der Waals surface area contributed by atoms with Gasteiger partial charge in [-0.25, -0.2) is 0 Å². The SMILES string of the molecule is Brc1cccc(CC(Br)CCC2CCCCO2)c1. The number of ether oxygens (including phenoxy) is 1. The average molecular weight is 376 g/mol. The van der Waals surface area contributed by atoms with Crippen LogP contribution < -0.4 is 0 Å². The Bertz CT molecular complexity index is 361. The van der Waals surface area contributed by atoms with Crippen molar-refractivity contribution in [2.24, 2.45) is 0 Å². The van der Waals surface area contributed by atoms with E-state index in [0.29, 0.717) is 10.9 Å². The predicted molar refractivity (Wildman–Crippen MR) is 83.4 cm³/mol. The van der Waals surface area contributed by atoms with Gasteiger partial charge in [-0.15, -0.1) is 0 Å². The van der Waals surface area contributed by atoms with Crippen molar-refractivity contribution in [1.29, 1.82) is 0 Å². The lowest BCUT2D eigenvalue weighted by Crippen LogP contribution is -2.20. The highest BCUT2D eigenvalue weighted by atomic mass is 79.9. The predicted octanol–water partition coefficient (Wildman–Crippen LogP) is 5.10. The lowest BCUT2D eigenvalue weighted by molar-refractivity contribution is 0.0102. The van der Waals surface area contributed by atoms with E-state index in [4.69, 9.17) is 4.74 Å². The Hall–Kier alpha value is 0.140. The highest BCUT2D eigenvalue weighted by Crippen LogP contribution is 2.22. The van der Waals surface area contributed by atoms with E-state index >= 15 is 0 Å². The van der Waals surface area contributed by atoms with Gasteiger partial charge < -0.3 is 4.74 Å². The quantitative estimate of drug-likeness (QED) is 0.650. The van der Waals surface area contributed by atoms with E-state index in [1.165, 1.54) is 37.7 Å². The molecule has 18 heavy (non-hydrogen) atoms. The number of benzene rings is 1. The fourth-order valence-electron chi connectivity index (χ4n) is 2.42. The third kappa shape index (κ3) is 5.02. The summed E-state index contributed by atoms with van der Waals surface area (Å²) in [4.78, 5) is 0.553. The van der Waals surface area contributed by atoms with Gasteiger partial charge in [-0.3, -0.25) is 0 Å². The van der Waals surface area contributed by atoms with Crippen LogP contribution in [0.15, 0.2) is 28.7 Å². The van der Waals surface area contributed by atoms with Crippen molar-refractivity contribution < 1.29 is 4.74 Å². The first-order valence-corrected chi connectivity index (χ1v) is 8.45. The van der Waals surface area contributed by atoms with Crippen LogP contribution in [0.3, 0.4) is 0 Å². The minimum Gasteiger partial charge on any atom is -0.378 e. The van der Waals surface area contributed by atoms with E-state index < -0.39 is 0 Å². The molecule has 1 heterocycles. The van der Waals surface area contributed by atoms with Gasteiger partial charge in [0.25, 0.3) is 0 Å². The summed E-state index contributed by atoms with van der Waals surface area (Å²) in [6.45, 7) is 0.962. The van der Waals surface area contributed by atoms with E-state index in [-0.39, 0.29) is 0 Å². The van der Waals surface area contributed by atoms with Gasteiger partial charge in [-0.2, -0.15) is 0 Å². The average Bonchev–Trinajstić information content (AvgIpc) is 2.38. The third-order valence-electron chi connectivity index (χ3n) is 3.42. The van der Waals surface area contributed by atoms with Gasteiger partial charge >= 0.3 is 0 Å². The van der Waals surface area contributed by atoms with Crippen molar-refractivity contribution in [1.82, 2.24) is 0 Å². The van der Waals surface area contributed by atoms with Gasteiger partial charge in [0.05, 0.1) is 6.10 Å². The van der Waals surface area contributed by atoms with Gasteiger partial charge in [-0.05, 0) is 56.2 Å². The topological polar surface area (TPSA) is 9.23 Å². The highest BCUT2D eigenvalue weighted by Gasteiger charge is 2.15. The minimum absolute atomic E-state index is 0.501. The Labute approximate surface area is 127 Å². The number of hydrogen-bond donors (Lipinski definition) is 0. The summed E-state index contributed by atoms with van der Waals surface area (Å²) < 4.78 is 6.93. The first kappa shape index (κ1) is 14.5. The lowest BCUT2D eigenvalue weighted by atomic mass is 10.0. The monoisotopic (exact) mass is 374 g/mol. The maximum absolute atomic E-state index is 5.77. The second kappa shape index (κ2) is 7.66. The van der Waals surface area contributed by atoms with Crippen LogP contribution >= 0.6 is 31.9 Å². The molecule has 1 aliphatic heterocycles. The second-order valence-corrected chi connectivity index (χ2v) is 7.21. The molecule has 0 N–H and O–H groups in total. The van der Waals surface area contributed by atoms with E-state index in [0.717, 1.165) is 17.5 Å². The molecule has 100 valence electrons. The molecular formula is C15H20Br2O. The van der Waals surface area contributed by atoms with Gasteiger partial charge in [-0.1, -0.05) is 44.0 Å². The van der Waals surface area contributed by atoms with Gasteiger partial charge in [0.1, 0.15) is 0 Å². The smallest absolute Gasteiger partial charge is 0.0575 e. The molecule has 0 spiro atoms. The Morgan fingerprint density at radius 2 is 2.22 bits per heavy atom. The van der Waals surface area contributed by atoms with Crippen molar-refractivity contribution in [2.75, 3.05) is 6.61 Å². The fourth-order valence-corrected chi connectivity index (χ4v) is 3.51. The molecule has 3 heteroatoms. The summed E-state index contributed by atoms with van der Waals surface area (Å²) in [5, 5.41) is 0. The fraction of sp³-hybridized carbons (Fsp3) is 0.600. The maximum Gasteiger partial charge on any atom is 0.0575 e. The Morgan fingerprint density at radius 3 is 2.94 bits per heavy atom. The van der Waals surface area contributed by atoms with E-state index in [1.807, 2.05) is 0 Å². The van der Waals surface area contributed by atoms with Crippen LogP contribution in [0.4, 0.5) is 0 Å². The molecule has 1 aromatic carbocycles. The normalized spacial score (nSPS) is 21.8. The summed E-state index contributed by atoms with van der Waals surface area (Å²) in [6.07, 6.45) is 7.79. The van der Waals surface area contributed by atoms with Crippen LogP contribution in [0.5, 0.6) is 0 Å². The van der Waals surface area contributed by atoms with Crippen LogP contribution in [0.25, 0.3) is 0 Å². The Morgan fingerprint density at radius 1 is 1.33 bits per heavy atom. The lowest BCUT2D eigenvalue weighted by Gasteiger charge is -2.23. The molecule has 2 unspecified atom stereocenters. The Balaban J connectivity index is 1.72. The molecule has 1 fully saturated rings. The summed E-state index contributed by atoms with van der Waals surface area (Å²) in [7, 11) is 0. The molecule has 1 aromatic rings. The molecule has 2 atom stereocenters. The van der Waals surface area contributed by atoms with Crippen molar-refractivity contribution >= 4 is 31.9 Å². The number of hydrogen-bond acceptors (Lipinski definition) is 1. The number of halogens is 2. The summed E-state index contributed by atoms with van der Waals surface area (Å²) in [5.41, 5.74) is 1.39. The van der Waals surface area contributed by atoms with Crippen LogP contribution in [0.1, 0.15) is 37.7 Å². The molecule has 1 aliphatic rings. The van der Waals surface area contributed by atoms with Gasteiger partial charge in [0.15, 0.2) is 0 Å². The zero-order valence-electron chi connectivity index (χ0n) is 10.6. The van der Waals surface area contributed by atoms with Crippen LogP contribution in [-0.4, -0.2) is 17.5 Å². The molecule has 0 amide bonds. The highest BCUT2D eigenvalue weighted by molar-refractivity contribution is 9.10. The zero-order chi connectivity index (χ0) is 12.8. The minimum atomic E-state index is 0.501. The van der Waals surface area contributed by atoms with E-state index in [2.05, 4.69) is 56.1 Å². The van der Waals surface area contributed by atoms with Gasteiger partial charge in [0, 0.05) is 15.9 Å². The molecular weight excluding hydrogens is 356 g/mol. The Kier molecular flexibility index (Phi) is 6.19. The molecule has 0 radical (unpaired) electrons. The van der Waals surface area contributed by atoms with Gasteiger partial charge in [0.2, 0.25) is 0 Å². The molecule has 0 saturated carbocycles. The summed E-state index contributed by atoms with van der Waals surface area (Å²) >= 11 is 7.31. The molecule has 0 aromatic heterocycles.